The van der Waals surface area contributed by atoms with E-state index in [0.717, 1.165) is 0 Å². The largest absolute Gasteiger partial charge is 0.461 e. The topological polar surface area (TPSA) is 39.2 Å². The smallest absolute Gasteiger partial charge is 0.356 e. The maximum atomic E-state index is 11.4. The van der Waals surface area contributed by atoms with Crippen LogP contribution in [0.15, 0.2) is 18.2 Å². The second-order valence-corrected chi connectivity index (χ2v) is 3.35. The van der Waals surface area contributed by atoms with Gasteiger partial charge in [-0.05, 0) is 25.0 Å². The lowest BCUT2D eigenvalue weighted by Gasteiger charge is -2.00. The zero-order chi connectivity index (χ0) is 11.8. The minimum Gasteiger partial charge on any atom is -0.461 e. The average molecular weight is 235 g/mol. The van der Waals surface area contributed by atoms with Crippen LogP contribution in [0.1, 0.15) is 29.5 Å². The summed E-state index contributed by atoms with van der Waals surface area (Å²) >= 11 is 4.05. The summed E-state index contributed by atoms with van der Waals surface area (Å²) in [5.74, 6) is 6.07. The second kappa shape index (κ2) is 6.91. The lowest BCUT2D eigenvalue weighted by atomic mass is 10.3. The SMILES string of the molecule is CCOC(=O)c1cccc(C#CCCS)n1. The van der Waals surface area contributed by atoms with Crippen molar-refractivity contribution in [2.24, 2.45) is 0 Å². The third-order valence-electron chi connectivity index (χ3n) is 1.69. The molecule has 16 heavy (non-hydrogen) atoms. The predicted octanol–water partition coefficient (Wildman–Crippen LogP) is 1.93. The zero-order valence-electron chi connectivity index (χ0n) is 9.06. The van der Waals surface area contributed by atoms with E-state index >= 15 is 0 Å². The van der Waals surface area contributed by atoms with Crippen molar-refractivity contribution in [2.75, 3.05) is 12.4 Å². The molecule has 0 atom stereocenters. The van der Waals surface area contributed by atoms with Gasteiger partial charge in [0, 0.05) is 12.2 Å². The molecule has 1 aromatic rings. The Morgan fingerprint density at radius 2 is 2.38 bits per heavy atom. The normalized spacial score (nSPS) is 9.12. The number of nitrogens with zero attached hydrogens (tertiary/aromatic N) is 1. The molecule has 3 nitrogen and oxygen atoms in total. The first-order valence-corrected chi connectivity index (χ1v) is 5.65. The van der Waals surface area contributed by atoms with Crippen molar-refractivity contribution in [2.45, 2.75) is 13.3 Å². The number of rotatable bonds is 3. The third-order valence-corrected chi connectivity index (χ3v) is 1.91. The maximum Gasteiger partial charge on any atom is 0.356 e. The Balaban J connectivity index is 2.79. The number of hydrogen-bond donors (Lipinski definition) is 1. The van der Waals surface area contributed by atoms with Crippen molar-refractivity contribution in [3.8, 4) is 11.8 Å². The monoisotopic (exact) mass is 235 g/mol. The first-order chi connectivity index (χ1) is 7.77. The molecule has 0 fully saturated rings. The van der Waals surface area contributed by atoms with Gasteiger partial charge in [0.05, 0.1) is 6.61 Å². The van der Waals surface area contributed by atoms with Crippen LogP contribution in [0.2, 0.25) is 0 Å². The van der Waals surface area contributed by atoms with Gasteiger partial charge in [0.2, 0.25) is 0 Å². The predicted molar refractivity (Wildman–Crippen MR) is 65.5 cm³/mol. The summed E-state index contributed by atoms with van der Waals surface area (Å²) in [6.45, 7) is 2.10. The van der Waals surface area contributed by atoms with Crippen LogP contribution in [0.25, 0.3) is 0 Å². The second-order valence-electron chi connectivity index (χ2n) is 2.90. The van der Waals surface area contributed by atoms with E-state index in [2.05, 4.69) is 29.5 Å². The molecule has 0 aliphatic heterocycles. The molecule has 0 aliphatic carbocycles. The highest BCUT2D eigenvalue weighted by Gasteiger charge is 2.07. The summed E-state index contributed by atoms with van der Waals surface area (Å²) in [5.41, 5.74) is 0.867. The molecule has 0 N–H and O–H groups in total. The average Bonchev–Trinajstić information content (AvgIpc) is 2.30. The molecule has 1 aromatic heterocycles. The zero-order valence-corrected chi connectivity index (χ0v) is 9.96. The molecule has 0 bridgehead atoms. The van der Waals surface area contributed by atoms with Crippen LogP contribution >= 0.6 is 12.6 Å². The van der Waals surface area contributed by atoms with Crippen molar-refractivity contribution in [3.63, 3.8) is 0 Å². The molecule has 1 rings (SSSR count). The number of pyridine rings is 1. The highest BCUT2D eigenvalue weighted by Crippen LogP contribution is 2.00. The highest BCUT2D eigenvalue weighted by molar-refractivity contribution is 7.80. The summed E-state index contributed by atoms with van der Waals surface area (Å²) < 4.78 is 4.85. The minimum atomic E-state index is -0.416. The molecule has 0 unspecified atom stereocenters. The number of carbonyl (C=O) groups excluding carboxylic acids is 1. The Hall–Kier alpha value is -1.47. The van der Waals surface area contributed by atoms with Crippen molar-refractivity contribution < 1.29 is 9.53 Å². The molecular weight excluding hydrogens is 222 g/mol. The minimum absolute atomic E-state index is 0.291. The molecule has 1 heterocycles. The van der Waals surface area contributed by atoms with E-state index in [4.69, 9.17) is 4.74 Å². The van der Waals surface area contributed by atoms with E-state index in [1.54, 1.807) is 25.1 Å². The van der Waals surface area contributed by atoms with E-state index in [9.17, 15) is 4.79 Å². The van der Waals surface area contributed by atoms with Gasteiger partial charge in [-0.2, -0.15) is 12.6 Å². The van der Waals surface area contributed by atoms with Gasteiger partial charge in [-0.15, -0.1) is 0 Å². The lowest BCUT2D eigenvalue weighted by Crippen LogP contribution is -2.07. The molecule has 84 valence electrons. The third kappa shape index (κ3) is 3.95. The number of ether oxygens (including phenoxy) is 1. The molecule has 4 heteroatoms. The number of carbonyl (C=O) groups is 1. The van der Waals surface area contributed by atoms with Crippen molar-refractivity contribution in [3.05, 3.63) is 29.6 Å². The van der Waals surface area contributed by atoms with Crippen LogP contribution in [-0.4, -0.2) is 23.3 Å². The first-order valence-electron chi connectivity index (χ1n) is 5.02. The van der Waals surface area contributed by atoms with Gasteiger partial charge in [0.15, 0.2) is 0 Å². The van der Waals surface area contributed by atoms with E-state index in [1.165, 1.54) is 0 Å². The van der Waals surface area contributed by atoms with Crippen LogP contribution in [-0.2, 0) is 4.74 Å². The van der Waals surface area contributed by atoms with Gasteiger partial charge in [0.25, 0.3) is 0 Å². The summed E-state index contributed by atoms with van der Waals surface area (Å²) in [6, 6.07) is 5.11. The molecule has 0 aliphatic rings. The lowest BCUT2D eigenvalue weighted by molar-refractivity contribution is 0.0519. The fraction of sp³-hybridized carbons (Fsp3) is 0.333. The van der Waals surface area contributed by atoms with Gasteiger partial charge in [0.1, 0.15) is 11.4 Å². The van der Waals surface area contributed by atoms with E-state index in [-0.39, 0.29) is 0 Å². The highest BCUT2D eigenvalue weighted by atomic mass is 32.1. The summed E-state index contributed by atoms with van der Waals surface area (Å²) in [4.78, 5) is 15.5. The van der Waals surface area contributed by atoms with E-state index in [0.29, 0.717) is 30.2 Å². The number of thiol groups is 1. The quantitative estimate of drug-likeness (QED) is 0.494. The molecule has 0 saturated heterocycles. The molecule has 0 radical (unpaired) electrons. The van der Waals surface area contributed by atoms with Gasteiger partial charge in [-0.25, -0.2) is 9.78 Å². The van der Waals surface area contributed by atoms with Crippen molar-refractivity contribution >= 4 is 18.6 Å². The molecule has 0 aromatic carbocycles. The number of hydrogen-bond acceptors (Lipinski definition) is 4. The van der Waals surface area contributed by atoms with Crippen molar-refractivity contribution in [1.82, 2.24) is 4.98 Å². The van der Waals surface area contributed by atoms with Crippen LogP contribution in [0, 0.1) is 11.8 Å². The van der Waals surface area contributed by atoms with E-state index in [1.807, 2.05) is 0 Å². The maximum absolute atomic E-state index is 11.4. The van der Waals surface area contributed by atoms with Crippen LogP contribution < -0.4 is 0 Å². The standard InChI is InChI=1S/C12H13NO2S/c1-2-15-12(14)11-8-5-7-10(13-11)6-3-4-9-16/h5,7-8,16H,2,4,9H2,1H3. The molecule has 0 amide bonds. The molecule has 0 saturated carbocycles. The van der Waals surface area contributed by atoms with Gasteiger partial charge in [-0.3, -0.25) is 0 Å². The first kappa shape index (κ1) is 12.6. The van der Waals surface area contributed by atoms with Crippen LogP contribution in [0.5, 0.6) is 0 Å². The fourth-order valence-electron chi connectivity index (χ4n) is 1.03. The van der Waals surface area contributed by atoms with Crippen LogP contribution in [0.3, 0.4) is 0 Å². The fourth-order valence-corrected chi connectivity index (χ4v) is 1.14. The Bertz CT molecular complexity index is 421. The Morgan fingerprint density at radius 3 is 3.06 bits per heavy atom. The van der Waals surface area contributed by atoms with Crippen molar-refractivity contribution in [1.29, 1.82) is 0 Å². The van der Waals surface area contributed by atoms with Gasteiger partial charge in [-0.1, -0.05) is 12.0 Å². The molecule has 0 spiro atoms. The van der Waals surface area contributed by atoms with Crippen LogP contribution in [0.4, 0.5) is 0 Å². The van der Waals surface area contributed by atoms with E-state index < -0.39 is 5.97 Å². The Labute approximate surface area is 101 Å². The van der Waals surface area contributed by atoms with Gasteiger partial charge >= 0.3 is 5.97 Å². The Kier molecular flexibility index (Phi) is 5.44. The molecular formula is C12H13NO2S. The van der Waals surface area contributed by atoms with Gasteiger partial charge < -0.3 is 4.74 Å². The Morgan fingerprint density at radius 1 is 1.56 bits per heavy atom. The summed E-state index contributed by atoms with van der Waals surface area (Å²) in [6.07, 6.45) is 0.703. The number of esters is 1. The summed E-state index contributed by atoms with van der Waals surface area (Å²) in [5, 5.41) is 0. The summed E-state index contributed by atoms with van der Waals surface area (Å²) in [7, 11) is 0. The number of aromatic nitrogens is 1.